The van der Waals surface area contributed by atoms with Gasteiger partial charge in [0.2, 0.25) is 0 Å². The predicted molar refractivity (Wildman–Crippen MR) is 121 cm³/mol. The Morgan fingerprint density at radius 1 is 1.06 bits per heavy atom. The summed E-state index contributed by atoms with van der Waals surface area (Å²) in [5.74, 6) is 1.73. The van der Waals surface area contributed by atoms with Crippen molar-refractivity contribution in [1.82, 2.24) is 24.7 Å². The summed E-state index contributed by atoms with van der Waals surface area (Å²) in [5, 5.41) is 7.84. The number of carbonyl (C=O) groups excluding carboxylic acids is 1. The van der Waals surface area contributed by atoms with Gasteiger partial charge >= 0.3 is 5.97 Å². The number of aryl methyl sites for hydroxylation is 1. The van der Waals surface area contributed by atoms with Crippen LogP contribution in [-0.4, -0.2) is 30.7 Å². The summed E-state index contributed by atoms with van der Waals surface area (Å²) >= 11 is 5.94. The number of pyridine rings is 1. The standard InChI is InChI=1S/C23H19ClN6O2/c1-30-22(29-21-13-25-12-20(24)28-21)18(11-27-30)19-9-6-16(10-26-19)14-4-7-17(8-5-14)32-23(31)15-2-3-15/h4-13,15H,2-3H2,1H3,(H,28,29). The van der Waals surface area contributed by atoms with E-state index in [1.165, 1.54) is 6.20 Å². The number of halogens is 1. The predicted octanol–water partition coefficient (Wildman–Crippen LogP) is 4.65. The first-order valence-corrected chi connectivity index (χ1v) is 10.5. The van der Waals surface area contributed by atoms with E-state index < -0.39 is 0 Å². The molecular weight excluding hydrogens is 428 g/mol. The molecule has 160 valence electrons. The molecule has 1 N–H and O–H groups in total. The van der Waals surface area contributed by atoms with Crippen molar-refractivity contribution in [2.75, 3.05) is 5.32 Å². The molecular formula is C23H19ClN6O2. The van der Waals surface area contributed by atoms with Crippen LogP contribution in [0.3, 0.4) is 0 Å². The van der Waals surface area contributed by atoms with Crippen LogP contribution >= 0.6 is 11.6 Å². The Hall–Kier alpha value is -3.78. The number of rotatable bonds is 6. The van der Waals surface area contributed by atoms with E-state index in [-0.39, 0.29) is 11.9 Å². The van der Waals surface area contributed by atoms with Gasteiger partial charge in [0, 0.05) is 18.8 Å². The fourth-order valence-electron chi connectivity index (χ4n) is 3.25. The van der Waals surface area contributed by atoms with Gasteiger partial charge in [-0.1, -0.05) is 29.8 Å². The Bertz CT molecular complexity index is 1270. The van der Waals surface area contributed by atoms with E-state index in [0.717, 1.165) is 41.0 Å². The molecule has 0 aliphatic heterocycles. The Labute approximate surface area is 189 Å². The van der Waals surface area contributed by atoms with Crippen molar-refractivity contribution in [2.45, 2.75) is 12.8 Å². The van der Waals surface area contributed by atoms with E-state index in [4.69, 9.17) is 16.3 Å². The van der Waals surface area contributed by atoms with E-state index in [1.54, 1.807) is 35.4 Å². The zero-order chi connectivity index (χ0) is 22.1. The minimum atomic E-state index is -0.145. The Kier molecular flexibility index (Phi) is 5.28. The monoisotopic (exact) mass is 446 g/mol. The molecule has 5 rings (SSSR count). The molecule has 0 saturated heterocycles. The number of benzene rings is 1. The van der Waals surface area contributed by atoms with Gasteiger partial charge in [-0.3, -0.25) is 19.4 Å². The van der Waals surface area contributed by atoms with E-state index >= 15 is 0 Å². The van der Waals surface area contributed by atoms with Crippen molar-refractivity contribution >= 4 is 29.2 Å². The van der Waals surface area contributed by atoms with Gasteiger partial charge in [0.05, 0.1) is 35.8 Å². The van der Waals surface area contributed by atoms with Gasteiger partial charge in [0.15, 0.2) is 5.82 Å². The lowest BCUT2D eigenvalue weighted by Crippen LogP contribution is -2.09. The molecule has 0 atom stereocenters. The second-order valence-corrected chi connectivity index (χ2v) is 7.92. The largest absolute Gasteiger partial charge is 0.426 e. The Morgan fingerprint density at radius 3 is 2.53 bits per heavy atom. The van der Waals surface area contributed by atoms with Crippen molar-refractivity contribution in [3.05, 3.63) is 66.3 Å². The SMILES string of the molecule is Cn1ncc(-c2ccc(-c3ccc(OC(=O)C4CC4)cc3)cn2)c1Nc1cncc(Cl)n1. The third-order valence-electron chi connectivity index (χ3n) is 5.15. The van der Waals surface area contributed by atoms with Crippen LogP contribution in [0.5, 0.6) is 5.75 Å². The van der Waals surface area contributed by atoms with E-state index in [0.29, 0.717) is 16.7 Å². The number of hydrogen-bond donors (Lipinski definition) is 1. The number of carbonyl (C=O) groups is 1. The van der Waals surface area contributed by atoms with Gasteiger partial charge in [0.25, 0.3) is 0 Å². The van der Waals surface area contributed by atoms with Crippen LogP contribution < -0.4 is 10.1 Å². The number of hydrogen-bond acceptors (Lipinski definition) is 7. The summed E-state index contributed by atoms with van der Waals surface area (Å²) < 4.78 is 7.09. The average Bonchev–Trinajstić information content (AvgIpc) is 3.59. The van der Waals surface area contributed by atoms with Gasteiger partial charge < -0.3 is 10.1 Å². The highest BCUT2D eigenvalue weighted by Crippen LogP contribution is 2.32. The molecule has 1 aliphatic carbocycles. The molecule has 0 spiro atoms. The van der Waals surface area contributed by atoms with Crippen molar-refractivity contribution in [1.29, 1.82) is 0 Å². The molecule has 9 heteroatoms. The molecule has 1 saturated carbocycles. The van der Waals surface area contributed by atoms with Crippen LogP contribution in [0, 0.1) is 5.92 Å². The van der Waals surface area contributed by atoms with Crippen molar-refractivity contribution in [3.8, 4) is 28.1 Å². The minimum Gasteiger partial charge on any atom is -0.426 e. The van der Waals surface area contributed by atoms with Crippen LogP contribution in [0.1, 0.15) is 12.8 Å². The van der Waals surface area contributed by atoms with Gasteiger partial charge in [-0.15, -0.1) is 0 Å². The molecule has 1 aromatic carbocycles. The molecule has 0 unspecified atom stereocenters. The molecule has 0 bridgehead atoms. The summed E-state index contributed by atoms with van der Waals surface area (Å²) in [6, 6.07) is 11.4. The Morgan fingerprint density at radius 2 is 1.84 bits per heavy atom. The van der Waals surface area contributed by atoms with Crippen molar-refractivity contribution in [2.24, 2.45) is 13.0 Å². The zero-order valence-electron chi connectivity index (χ0n) is 17.2. The lowest BCUT2D eigenvalue weighted by molar-refractivity contribution is -0.135. The van der Waals surface area contributed by atoms with Gasteiger partial charge in [-0.2, -0.15) is 5.10 Å². The van der Waals surface area contributed by atoms with Gasteiger partial charge in [0.1, 0.15) is 16.7 Å². The van der Waals surface area contributed by atoms with Crippen molar-refractivity contribution in [3.63, 3.8) is 0 Å². The third kappa shape index (κ3) is 4.31. The number of nitrogens with zero attached hydrogens (tertiary/aromatic N) is 5. The fraction of sp³-hybridized carbons (Fsp3) is 0.174. The maximum absolute atomic E-state index is 11.8. The first-order valence-electron chi connectivity index (χ1n) is 10.1. The van der Waals surface area contributed by atoms with Crippen LogP contribution in [0.4, 0.5) is 11.6 Å². The van der Waals surface area contributed by atoms with Gasteiger partial charge in [-0.05, 0) is 36.6 Å². The number of anilines is 2. The molecule has 0 amide bonds. The van der Waals surface area contributed by atoms with E-state index in [1.807, 2.05) is 31.3 Å². The number of nitrogens with one attached hydrogen (secondary N) is 1. The second-order valence-electron chi connectivity index (χ2n) is 7.53. The summed E-state index contributed by atoms with van der Waals surface area (Å²) in [5.41, 5.74) is 3.51. The Balaban J connectivity index is 1.34. The molecule has 1 fully saturated rings. The summed E-state index contributed by atoms with van der Waals surface area (Å²) in [4.78, 5) is 24.7. The fourth-order valence-corrected chi connectivity index (χ4v) is 3.40. The normalized spacial score (nSPS) is 13.1. The quantitative estimate of drug-likeness (QED) is 0.340. The molecule has 0 radical (unpaired) electrons. The highest BCUT2D eigenvalue weighted by Gasteiger charge is 2.31. The van der Waals surface area contributed by atoms with Gasteiger partial charge in [-0.25, -0.2) is 4.98 Å². The third-order valence-corrected chi connectivity index (χ3v) is 5.33. The lowest BCUT2D eigenvalue weighted by Gasteiger charge is -2.09. The molecule has 32 heavy (non-hydrogen) atoms. The maximum atomic E-state index is 11.8. The molecule has 3 aromatic heterocycles. The summed E-state index contributed by atoms with van der Waals surface area (Å²) in [7, 11) is 1.83. The summed E-state index contributed by atoms with van der Waals surface area (Å²) in [6.45, 7) is 0. The van der Waals surface area contributed by atoms with E-state index in [9.17, 15) is 4.79 Å². The van der Waals surface area contributed by atoms with Crippen LogP contribution in [0.25, 0.3) is 22.4 Å². The highest BCUT2D eigenvalue weighted by molar-refractivity contribution is 6.29. The number of ether oxygens (including phenoxy) is 1. The topological polar surface area (TPSA) is 94.8 Å². The molecule has 1 aliphatic rings. The first-order chi connectivity index (χ1) is 15.6. The van der Waals surface area contributed by atoms with Crippen LogP contribution in [0.2, 0.25) is 5.15 Å². The minimum absolute atomic E-state index is 0.0733. The van der Waals surface area contributed by atoms with Crippen LogP contribution in [0.15, 0.2) is 61.2 Å². The smallest absolute Gasteiger partial charge is 0.314 e. The molecule has 3 heterocycles. The molecule has 8 nitrogen and oxygen atoms in total. The summed E-state index contributed by atoms with van der Waals surface area (Å²) in [6.07, 6.45) is 8.46. The lowest BCUT2D eigenvalue weighted by atomic mass is 10.1. The number of aromatic nitrogens is 5. The number of esters is 1. The van der Waals surface area contributed by atoms with Crippen molar-refractivity contribution < 1.29 is 9.53 Å². The second kappa shape index (κ2) is 8.39. The zero-order valence-corrected chi connectivity index (χ0v) is 18.0. The highest BCUT2D eigenvalue weighted by atomic mass is 35.5. The molecule has 4 aromatic rings. The first kappa shape index (κ1) is 20.1. The van der Waals surface area contributed by atoms with Crippen LogP contribution in [-0.2, 0) is 11.8 Å². The van der Waals surface area contributed by atoms with E-state index in [2.05, 4.69) is 25.4 Å². The average molecular weight is 447 g/mol. The maximum Gasteiger partial charge on any atom is 0.314 e.